The van der Waals surface area contributed by atoms with Crippen LogP contribution in [-0.2, 0) is 5.60 Å². The summed E-state index contributed by atoms with van der Waals surface area (Å²) >= 11 is 0. The van der Waals surface area contributed by atoms with E-state index in [2.05, 4.69) is 19.2 Å². The normalized spacial score (nSPS) is 11.5. The van der Waals surface area contributed by atoms with Crippen molar-refractivity contribution in [3.05, 3.63) is 23.4 Å². The summed E-state index contributed by atoms with van der Waals surface area (Å²) < 4.78 is 16.5. The second-order valence-corrected chi connectivity index (χ2v) is 7.48. The lowest BCUT2D eigenvalue weighted by molar-refractivity contribution is 0.0786. The van der Waals surface area contributed by atoms with Gasteiger partial charge in [-0.3, -0.25) is 0 Å². The molecule has 0 fully saturated rings. The number of nitrogens with zero attached hydrogens (tertiary/aromatic N) is 2. The summed E-state index contributed by atoms with van der Waals surface area (Å²) in [6.07, 6.45) is 1.94. The van der Waals surface area contributed by atoms with Crippen LogP contribution < -0.4 is 19.5 Å². The molecular formula is C22H33N3O4. The number of aliphatic hydroxyl groups is 1. The maximum absolute atomic E-state index is 10.8. The largest absolute Gasteiger partial charge is 0.497 e. The molecule has 7 nitrogen and oxygen atoms in total. The predicted molar refractivity (Wildman–Crippen MR) is 115 cm³/mol. The van der Waals surface area contributed by atoms with Gasteiger partial charge in [0.15, 0.2) is 5.82 Å². The zero-order valence-corrected chi connectivity index (χ0v) is 18.7. The molecule has 160 valence electrons. The third-order valence-corrected chi connectivity index (χ3v) is 4.99. The van der Waals surface area contributed by atoms with Crippen LogP contribution in [0.15, 0.2) is 12.1 Å². The standard InChI is InChI=1S/C22H33N3O4/c1-9-14(10-2)24-20-21(29-8)25-19(13(3)23-20)18-16(22(4,5)26)11-15(27-6)12-17(18)28-7/h11-12,14,26H,9-10H2,1-8H3,(H,23,24). The van der Waals surface area contributed by atoms with Gasteiger partial charge in [0.1, 0.15) is 11.5 Å². The predicted octanol–water partition coefficient (Wildman–Crippen LogP) is 4.31. The number of methoxy groups -OCH3 is 3. The number of nitrogens with one attached hydrogen (secondary N) is 1. The minimum atomic E-state index is -1.15. The summed E-state index contributed by atoms with van der Waals surface area (Å²) in [4.78, 5) is 9.47. The van der Waals surface area contributed by atoms with Crippen molar-refractivity contribution >= 4 is 5.82 Å². The van der Waals surface area contributed by atoms with Gasteiger partial charge < -0.3 is 24.6 Å². The average Bonchev–Trinajstić information content (AvgIpc) is 2.70. The minimum Gasteiger partial charge on any atom is -0.497 e. The summed E-state index contributed by atoms with van der Waals surface area (Å²) in [6, 6.07) is 3.85. The van der Waals surface area contributed by atoms with Gasteiger partial charge in [-0.2, -0.15) is 0 Å². The van der Waals surface area contributed by atoms with Crippen LogP contribution in [0.3, 0.4) is 0 Å². The molecule has 0 aliphatic rings. The van der Waals surface area contributed by atoms with Gasteiger partial charge in [-0.15, -0.1) is 0 Å². The van der Waals surface area contributed by atoms with E-state index >= 15 is 0 Å². The lowest BCUT2D eigenvalue weighted by Crippen LogP contribution is -2.20. The van der Waals surface area contributed by atoms with E-state index in [1.807, 2.05) is 6.92 Å². The van der Waals surface area contributed by atoms with E-state index in [1.54, 1.807) is 47.3 Å². The van der Waals surface area contributed by atoms with Gasteiger partial charge in [0.05, 0.1) is 43.9 Å². The molecule has 1 aromatic carbocycles. The highest BCUT2D eigenvalue weighted by atomic mass is 16.5. The third kappa shape index (κ3) is 4.90. The molecule has 0 unspecified atom stereocenters. The molecule has 2 N–H and O–H groups in total. The Morgan fingerprint density at radius 1 is 1.03 bits per heavy atom. The fraction of sp³-hybridized carbons (Fsp3) is 0.545. The van der Waals surface area contributed by atoms with E-state index in [4.69, 9.17) is 24.2 Å². The fourth-order valence-electron chi connectivity index (χ4n) is 3.26. The van der Waals surface area contributed by atoms with Crippen molar-refractivity contribution < 1.29 is 19.3 Å². The average molecular weight is 404 g/mol. The molecular weight excluding hydrogens is 370 g/mol. The Hall–Kier alpha value is -2.54. The highest BCUT2D eigenvalue weighted by Crippen LogP contribution is 2.43. The van der Waals surface area contributed by atoms with Crippen molar-refractivity contribution in [3.63, 3.8) is 0 Å². The van der Waals surface area contributed by atoms with Crippen LogP contribution in [0.2, 0.25) is 0 Å². The molecule has 0 bridgehead atoms. The van der Waals surface area contributed by atoms with E-state index in [1.165, 1.54) is 0 Å². The Balaban J connectivity index is 2.74. The first-order valence-electron chi connectivity index (χ1n) is 9.88. The van der Waals surface area contributed by atoms with Crippen LogP contribution in [0, 0.1) is 6.92 Å². The van der Waals surface area contributed by atoms with Crippen molar-refractivity contribution in [3.8, 4) is 28.6 Å². The molecule has 0 spiro atoms. The van der Waals surface area contributed by atoms with E-state index in [0.29, 0.717) is 45.7 Å². The smallest absolute Gasteiger partial charge is 0.257 e. The highest BCUT2D eigenvalue weighted by Gasteiger charge is 2.28. The first-order valence-corrected chi connectivity index (χ1v) is 9.88. The Morgan fingerprint density at radius 2 is 1.69 bits per heavy atom. The van der Waals surface area contributed by atoms with E-state index in [0.717, 1.165) is 12.8 Å². The second-order valence-electron chi connectivity index (χ2n) is 7.48. The summed E-state index contributed by atoms with van der Waals surface area (Å²) in [5.41, 5.74) is 1.44. The molecule has 1 aromatic heterocycles. The fourth-order valence-corrected chi connectivity index (χ4v) is 3.26. The lowest BCUT2D eigenvalue weighted by Gasteiger charge is -2.25. The SMILES string of the molecule is CCC(CC)Nc1nc(C)c(-c2c(OC)cc(OC)cc2C(C)(C)O)nc1OC. The number of aryl methyl sites for hydroxylation is 1. The number of ether oxygens (including phenoxy) is 3. The number of hydrogen-bond acceptors (Lipinski definition) is 7. The number of rotatable bonds is 9. The van der Waals surface area contributed by atoms with Gasteiger partial charge in [-0.05, 0) is 45.2 Å². The number of benzene rings is 1. The van der Waals surface area contributed by atoms with Crippen molar-refractivity contribution in [2.24, 2.45) is 0 Å². The second kappa shape index (κ2) is 9.31. The number of hydrogen-bond donors (Lipinski definition) is 2. The summed E-state index contributed by atoms with van der Waals surface area (Å²) in [6.45, 7) is 9.57. The molecule has 0 saturated carbocycles. The minimum absolute atomic E-state index is 0.283. The van der Waals surface area contributed by atoms with Crippen LogP contribution in [0.1, 0.15) is 51.8 Å². The molecule has 2 aromatic rings. The first-order chi connectivity index (χ1) is 13.7. The van der Waals surface area contributed by atoms with Crippen LogP contribution in [0.4, 0.5) is 5.82 Å². The van der Waals surface area contributed by atoms with Crippen molar-refractivity contribution in [2.45, 2.75) is 59.1 Å². The topological polar surface area (TPSA) is 85.7 Å². The van der Waals surface area contributed by atoms with E-state index < -0.39 is 5.60 Å². The van der Waals surface area contributed by atoms with Crippen molar-refractivity contribution in [2.75, 3.05) is 26.6 Å². The van der Waals surface area contributed by atoms with Crippen LogP contribution >= 0.6 is 0 Å². The Morgan fingerprint density at radius 3 is 2.17 bits per heavy atom. The molecule has 0 amide bonds. The molecule has 0 saturated heterocycles. The lowest BCUT2D eigenvalue weighted by atomic mass is 9.90. The summed E-state index contributed by atoms with van der Waals surface area (Å²) in [5.74, 6) is 2.14. The Bertz CT molecular complexity index is 843. The van der Waals surface area contributed by atoms with Crippen LogP contribution in [0.25, 0.3) is 11.3 Å². The zero-order valence-electron chi connectivity index (χ0n) is 18.7. The molecule has 7 heteroatoms. The molecule has 0 atom stereocenters. The molecule has 29 heavy (non-hydrogen) atoms. The van der Waals surface area contributed by atoms with Gasteiger partial charge in [0.2, 0.25) is 0 Å². The summed E-state index contributed by atoms with van der Waals surface area (Å²) in [7, 11) is 4.73. The quantitative estimate of drug-likeness (QED) is 0.645. The molecule has 0 radical (unpaired) electrons. The Kier molecular flexibility index (Phi) is 7.30. The van der Waals surface area contributed by atoms with Crippen LogP contribution in [0.5, 0.6) is 17.4 Å². The maximum atomic E-state index is 10.8. The Labute approximate surface area is 173 Å². The van der Waals surface area contributed by atoms with Crippen LogP contribution in [-0.4, -0.2) is 42.4 Å². The van der Waals surface area contributed by atoms with Gasteiger partial charge in [-0.1, -0.05) is 13.8 Å². The molecule has 0 aliphatic heterocycles. The first kappa shape index (κ1) is 22.7. The number of anilines is 1. The highest BCUT2D eigenvalue weighted by molar-refractivity contribution is 5.76. The molecule has 0 aliphatic carbocycles. The molecule has 2 rings (SSSR count). The van der Waals surface area contributed by atoms with E-state index in [-0.39, 0.29) is 6.04 Å². The number of aromatic nitrogens is 2. The summed E-state index contributed by atoms with van der Waals surface area (Å²) in [5, 5.41) is 14.2. The van der Waals surface area contributed by atoms with Gasteiger partial charge in [0.25, 0.3) is 5.88 Å². The molecule has 1 heterocycles. The van der Waals surface area contributed by atoms with Crippen molar-refractivity contribution in [1.29, 1.82) is 0 Å². The van der Waals surface area contributed by atoms with Gasteiger partial charge in [-0.25, -0.2) is 9.97 Å². The monoisotopic (exact) mass is 403 g/mol. The zero-order chi connectivity index (χ0) is 21.8. The maximum Gasteiger partial charge on any atom is 0.257 e. The van der Waals surface area contributed by atoms with Gasteiger partial charge in [0, 0.05) is 12.1 Å². The van der Waals surface area contributed by atoms with Gasteiger partial charge >= 0.3 is 0 Å². The van der Waals surface area contributed by atoms with Crippen molar-refractivity contribution in [1.82, 2.24) is 9.97 Å². The van der Waals surface area contributed by atoms with E-state index in [9.17, 15) is 5.11 Å². The third-order valence-electron chi connectivity index (χ3n) is 4.99.